The Morgan fingerprint density at radius 3 is 2.67 bits per heavy atom. The lowest BCUT2D eigenvalue weighted by Gasteiger charge is -2.06. The largest absolute Gasteiger partial charge is 0.481 e. The van der Waals surface area contributed by atoms with Gasteiger partial charge in [-0.2, -0.15) is 0 Å². The van der Waals surface area contributed by atoms with Crippen LogP contribution in [0.5, 0.6) is 0 Å². The molecule has 1 atom stereocenters. The van der Waals surface area contributed by atoms with E-state index in [4.69, 9.17) is 5.11 Å². The van der Waals surface area contributed by atoms with E-state index in [0.717, 1.165) is 11.8 Å². The molecule has 1 unspecified atom stereocenters. The summed E-state index contributed by atoms with van der Waals surface area (Å²) in [5, 5.41) is 9.50. The smallest absolute Gasteiger partial charge is 0.306 e. The molecule has 0 aromatic heterocycles. The normalized spacial score (nSPS) is 13.5. The van der Waals surface area contributed by atoms with E-state index in [1.807, 2.05) is 19.1 Å². The third-order valence-corrected chi connectivity index (χ3v) is 2.09. The molecule has 0 bridgehead atoms. The number of rotatable bonds is 6. The van der Waals surface area contributed by atoms with Gasteiger partial charge in [0.2, 0.25) is 0 Å². The highest BCUT2D eigenvalue weighted by Gasteiger charge is 2.13. The number of allylic oxidation sites excluding steroid dienone is 2. The zero-order valence-corrected chi connectivity index (χ0v) is 8.88. The fourth-order valence-electron chi connectivity index (χ4n) is 0.901. The Kier molecular flexibility index (Phi) is 7.16. The van der Waals surface area contributed by atoms with Gasteiger partial charge in [-0.25, -0.2) is 0 Å². The third-order valence-electron chi connectivity index (χ3n) is 1.63. The van der Waals surface area contributed by atoms with Gasteiger partial charge in [-0.05, 0) is 19.3 Å². The van der Waals surface area contributed by atoms with Crippen LogP contribution < -0.4 is 0 Å². The van der Waals surface area contributed by atoms with Crippen LogP contribution in [0.15, 0.2) is 12.2 Å². The van der Waals surface area contributed by atoms with Crippen molar-refractivity contribution < 1.29 is 9.90 Å². The first-order valence-electron chi connectivity index (χ1n) is 4.16. The Balaban J connectivity index is 3.78. The molecule has 0 saturated heterocycles. The minimum Gasteiger partial charge on any atom is -0.481 e. The molecule has 0 amide bonds. The van der Waals surface area contributed by atoms with Crippen LogP contribution in [0.1, 0.15) is 26.2 Å². The van der Waals surface area contributed by atoms with Gasteiger partial charge in [0, 0.05) is 5.33 Å². The quantitative estimate of drug-likeness (QED) is 0.567. The minimum absolute atomic E-state index is 0.229. The van der Waals surface area contributed by atoms with Gasteiger partial charge in [-0.3, -0.25) is 4.79 Å². The lowest BCUT2D eigenvalue weighted by molar-refractivity contribution is -0.141. The van der Waals surface area contributed by atoms with Crippen LogP contribution in [-0.2, 0) is 4.79 Å². The predicted octanol–water partition coefficient (Wildman–Crippen LogP) is 2.83. The molecule has 70 valence electrons. The van der Waals surface area contributed by atoms with Crippen molar-refractivity contribution in [3.63, 3.8) is 0 Å². The van der Waals surface area contributed by atoms with E-state index < -0.39 is 5.97 Å². The van der Waals surface area contributed by atoms with Crippen LogP contribution in [0.25, 0.3) is 0 Å². The Morgan fingerprint density at radius 1 is 1.58 bits per heavy atom. The van der Waals surface area contributed by atoms with Gasteiger partial charge in [0.05, 0.1) is 5.92 Å². The highest BCUT2D eigenvalue weighted by molar-refractivity contribution is 9.09. The van der Waals surface area contributed by atoms with Crippen LogP contribution in [0.3, 0.4) is 0 Å². The number of halogens is 1. The van der Waals surface area contributed by atoms with Crippen molar-refractivity contribution in [2.45, 2.75) is 26.2 Å². The molecule has 2 nitrogen and oxygen atoms in total. The molecule has 0 heterocycles. The van der Waals surface area contributed by atoms with E-state index in [1.165, 1.54) is 0 Å². The van der Waals surface area contributed by atoms with Gasteiger partial charge in [-0.15, -0.1) is 0 Å². The summed E-state index contributed by atoms with van der Waals surface area (Å²) in [6.07, 6.45) is 6.27. The Labute approximate surface area is 81.8 Å². The van der Waals surface area contributed by atoms with Crippen molar-refractivity contribution in [3.8, 4) is 0 Å². The molecule has 0 aromatic carbocycles. The van der Waals surface area contributed by atoms with Crippen molar-refractivity contribution in [3.05, 3.63) is 12.2 Å². The third kappa shape index (κ3) is 5.35. The van der Waals surface area contributed by atoms with E-state index >= 15 is 0 Å². The van der Waals surface area contributed by atoms with Crippen LogP contribution >= 0.6 is 15.9 Å². The van der Waals surface area contributed by atoms with Crippen molar-refractivity contribution in [2.24, 2.45) is 5.92 Å². The maximum absolute atomic E-state index is 10.6. The topological polar surface area (TPSA) is 37.3 Å². The summed E-state index contributed by atoms with van der Waals surface area (Å²) in [6, 6.07) is 0. The number of carbonyl (C=O) groups is 1. The molecule has 0 radical (unpaired) electrons. The lowest BCUT2D eigenvalue weighted by atomic mass is 10.0. The molecule has 0 aliphatic carbocycles. The molecular formula is C9H15BrO2. The summed E-state index contributed by atoms with van der Waals surface area (Å²) in [5.74, 6) is -0.928. The van der Waals surface area contributed by atoms with Gasteiger partial charge < -0.3 is 5.11 Å². The van der Waals surface area contributed by atoms with E-state index in [2.05, 4.69) is 15.9 Å². The summed E-state index contributed by atoms with van der Waals surface area (Å²) in [7, 11) is 0. The van der Waals surface area contributed by atoms with E-state index in [-0.39, 0.29) is 5.92 Å². The predicted molar refractivity (Wildman–Crippen MR) is 53.6 cm³/mol. The number of carboxylic acids is 1. The second-order valence-corrected chi connectivity index (χ2v) is 3.42. The number of aliphatic carboxylic acids is 1. The summed E-state index contributed by atoms with van der Waals surface area (Å²) in [6.45, 7) is 2.04. The first kappa shape index (κ1) is 11.7. The van der Waals surface area contributed by atoms with Crippen molar-refractivity contribution in [2.75, 3.05) is 5.33 Å². The second-order valence-electron chi connectivity index (χ2n) is 2.63. The summed E-state index contributed by atoms with van der Waals surface area (Å²) in [5.41, 5.74) is 0. The van der Waals surface area contributed by atoms with Gasteiger partial charge in [-0.1, -0.05) is 35.0 Å². The molecule has 0 aliphatic heterocycles. The highest BCUT2D eigenvalue weighted by Crippen LogP contribution is 2.11. The van der Waals surface area contributed by atoms with E-state index in [9.17, 15) is 4.79 Å². The molecule has 12 heavy (non-hydrogen) atoms. The number of carboxylic acid groups (broad SMARTS) is 1. The Morgan fingerprint density at radius 2 is 2.25 bits per heavy atom. The van der Waals surface area contributed by atoms with Crippen LogP contribution in [-0.4, -0.2) is 16.4 Å². The SMILES string of the molecule is CCC=CCC(CCBr)C(=O)O. The van der Waals surface area contributed by atoms with E-state index in [0.29, 0.717) is 12.8 Å². The fourth-order valence-corrected chi connectivity index (χ4v) is 1.45. The number of alkyl halides is 1. The first-order chi connectivity index (χ1) is 5.72. The summed E-state index contributed by atoms with van der Waals surface area (Å²) < 4.78 is 0. The van der Waals surface area contributed by atoms with Crippen molar-refractivity contribution in [1.29, 1.82) is 0 Å². The average molecular weight is 235 g/mol. The standard InChI is InChI=1S/C9H15BrO2/c1-2-3-4-5-8(6-7-10)9(11)12/h3-4,8H,2,5-7H2,1H3,(H,11,12). The molecule has 0 aliphatic rings. The lowest BCUT2D eigenvalue weighted by Crippen LogP contribution is -2.13. The maximum atomic E-state index is 10.6. The first-order valence-corrected chi connectivity index (χ1v) is 5.28. The monoisotopic (exact) mass is 234 g/mol. The molecule has 1 N–H and O–H groups in total. The fraction of sp³-hybridized carbons (Fsp3) is 0.667. The molecular weight excluding hydrogens is 220 g/mol. The minimum atomic E-state index is -0.699. The Hall–Kier alpha value is -0.310. The zero-order chi connectivity index (χ0) is 9.40. The highest BCUT2D eigenvalue weighted by atomic mass is 79.9. The molecule has 3 heteroatoms. The molecule has 0 spiro atoms. The second kappa shape index (κ2) is 7.35. The summed E-state index contributed by atoms with van der Waals surface area (Å²) in [4.78, 5) is 10.6. The molecule has 0 rings (SSSR count). The van der Waals surface area contributed by atoms with E-state index in [1.54, 1.807) is 0 Å². The van der Waals surface area contributed by atoms with Crippen LogP contribution in [0.2, 0.25) is 0 Å². The zero-order valence-electron chi connectivity index (χ0n) is 7.29. The van der Waals surface area contributed by atoms with Gasteiger partial charge in [0.15, 0.2) is 0 Å². The van der Waals surface area contributed by atoms with Crippen molar-refractivity contribution in [1.82, 2.24) is 0 Å². The van der Waals surface area contributed by atoms with Crippen LogP contribution in [0, 0.1) is 5.92 Å². The number of hydrogen-bond donors (Lipinski definition) is 1. The Bertz CT molecular complexity index is 155. The maximum Gasteiger partial charge on any atom is 0.306 e. The van der Waals surface area contributed by atoms with Gasteiger partial charge >= 0.3 is 5.97 Å². The van der Waals surface area contributed by atoms with Crippen LogP contribution in [0.4, 0.5) is 0 Å². The number of hydrogen-bond acceptors (Lipinski definition) is 1. The molecule has 0 saturated carbocycles. The van der Waals surface area contributed by atoms with Crippen molar-refractivity contribution >= 4 is 21.9 Å². The molecule has 0 fully saturated rings. The molecule has 0 aromatic rings. The average Bonchev–Trinajstić information content (AvgIpc) is 2.03. The van der Waals surface area contributed by atoms with Gasteiger partial charge in [0.1, 0.15) is 0 Å². The summed E-state index contributed by atoms with van der Waals surface area (Å²) >= 11 is 3.24. The van der Waals surface area contributed by atoms with Gasteiger partial charge in [0.25, 0.3) is 0 Å².